The highest BCUT2D eigenvalue weighted by molar-refractivity contribution is 4.86. The first-order valence-electron chi connectivity index (χ1n) is 8.69. The van der Waals surface area contributed by atoms with Gasteiger partial charge in [0.15, 0.2) is 0 Å². The zero-order valence-corrected chi connectivity index (χ0v) is 13.6. The van der Waals surface area contributed by atoms with E-state index in [0.29, 0.717) is 11.5 Å². The molecule has 1 aliphatic heterocycles. The quantitative estimate of drug-likeness (QED) is 0.758. The van der Waals surface area contributed by atoms with Gasteiger partial charge in [-0.1, -0.05) is 25.7 Å². The van der Waals surface area contributed by atoms with Crippen LogP contribution in [0.4, 0.5) is 0 Å². The maximum Gasteiger partial charge on any atom is 0.0701 e. The summed E-state index contributed by atoms with van der Waals surface area (Å²) in [6.07, 6.45) is 12.8. The molecule has 0 bridgehead atoms. The normalized spacial score (nSPS) is 27.4. The van der Waals surface area contributed by atoms with Gasteiger partial charge in [0.25, 0.3) is 0 Å². The van der Waals surface area contributed by atoms with Crippen molar-refractivity contribution in [2.45, 2.75) is 63.9 Å². The number of ether oxygens (including phenoxy) is 1. The molecular weight excluding hydrogens is 248 g/mol. The highest BCUT2D eigenvalue weighted by Gasteiger charge is 2.32. The molecule has 3 heteroatoms. The number of likely N-dealkylation sites (N-methyl/N-ethyl adjacent to an activating group) is 1. The fraction of sp³-hybridized carbons (Fsp3) is 1.00. The van der Waals surface area contributed by atoms with Crippen molar-refractivity contribution >= 4 is 0 Å². The van der Waals surface area contributed by atoms with E-state index in [9.17, 15) is 0 Å². The molecule has 0 aromatic carbocycles. The topological polar surface area (TPSA) is 24.5 Å². The van der Waals surface area contributed by atoms with E-state index in [2.05, 4.69) is 24.3 Å². The lowest BCUT2D eigenvalue weighted by atomic mass is 9.79. The second-order valence-corrected chi connectivity index (χ2v) is 7.13. The van der Waals surface area contributed by atoms with Gasteiger partial charge in [-0.05, 0) is 51.6 Å². The van der Waals surface area contributed by atoms with Crippen molar-refractivity contribution in [3.05, 3.63) is 0 Å². The molecular formula is C17H34N2O. The summed E-state index contributed by atoms with van der Waals surface area (Å²) >= 11 is 0. The maximum absolute atomic E-state index is 5.90. The van der Waals surface area contributed by atoms with E-state index in [1.54, 1.807) is 0 Å². The number of hydrogen-bond acceptors (Lipinski definition) is 3. The van der Waals surface area contributed by atoms with E-state index < -0.39 is 0 Å². The van der Waals surface area contributed by atoms with Crippen molar-refractivity contribution < 1.29 is 4.74 Å². The van der Waals surface area contributed by atoms with Crippen LogP contribution in [0.2, 0.25) is 0 Å². The third kappa shape index (κ3) is 5.01. The summed E-state index contributed by atoms with van der Waals surface area (Å²) in [5, 5.41) is 3.46. The van der Waals surface area contributed by atoms with Gasteiger partial charge in [0.2, 0.25) is 0 Å². The molecule has 0 radical (unpaired) electrons. The van der Waals surface area contributed by atoms with Crippen LogP contribution in [-0.4, -0.2) is 51.3 Å². The van der Waals surface area contributed by atoms with Gasteiger partial charge in [0.1, 0.15) is 0 Å². The van der Waals surface area contributed by atoms with Gasteiger partial charge in [0, 0.05) is 26.2 Å². The van der Waals surface area contributed by atoms with Crippen LogP contribution < -0.4 is 5.32 Å². The largest absolute Gasteiger partial charge is 0.377 e. The lowest BCUT2D eigenvalue weighted by Gasteiger charge is -2.38. The minimum Gasteiger partial charge on any atom is -0.377 e. The number of nitrogens with zero attached hydrogens (tertiary/aromatic N) is 1. The Balaban J connectivity index is 1.85. The van der Waals surface area contributed by atoms with E-state index in [1.807, 2.05) is 0 Å². The highest BCUT2D eigenvalue weighted by atomic mass is 16.5. The van der Waals surface area contributed by atoms with Crippen LogP contribution in [0.1, 0.15) is 57.8 Å². The first-order chi connectivity index (χ1) is 9.74. The molecule has 0 spiro atoms. The van der Waals surface area contributed by atoms with Crippen molar-refractivity contribution in [2.24, 2.45) is 5.41 Å². The van der Waals surface area contributed by atoms with Gasteiger partial charge in [-0.2, -0.15) is 0 Å². The van der Waals surface area contributed by atoms with Gasteiger partial charge < -0.3 is 15.0 Å². The molecule has 0 amide bonds. The molecule has 3 nitrogen and oxygen atoms in total. The standard InChI is InChI=1S/C17H34N2O/c1-18-14-17(10-6-3-4-7-11-17)15-19(2)13-16-9-5-8-12-20-16/h16,18H,3-15H2,1-2H3. The Bertz CT molecular complexity index is 256. The molecule has 1 unspecified atom stereocenters. The summed E-state index contributed by atoms with van der Waals surface area (Å²) in [6, 6.07) is 0. The Morgan fingerprint density at radius 3 is 2.45 bits per heavy atom. The van der Waals surface area contributed by atoms with E-state index in [1.165, 1.54) is 70.9 Å². The van der Waals surface area contributed by atoms with E-state index >= 15 is 0 Å². The average Bonchev–Trinajstić information content (AvgIpc) is 2.66. The van der Waals surface area contributed by atoms with Crippen molar-refractivity contribution in [1.82, 2.24) is 10.2 Å². The predicted octanol–water partition coefficient (Wildman–Crippen LogP) is 3.05. The molecule has 0 aromatic rings. The van der Waals surface area contributed by atoms with Gasteiger partial charge in [0.05, 0.1) is 6.10 Å². The van der Waals surface area contributed by atoms with Gasteiger partial charge in [-0.3, -0.25) is 0 Å². The maximum atomic E-state index is 5.90. The summed E-state index contributed by atoms with van der Waals surface area (Å²) < 4.78 is 5.90. The van der Waals surface area contributed by atoms with E-state index in [-0.39, 0.29) is 0 Å². The summed E-state index contributed by atoms with van der Waals surface area (Å²) in [7, 11) is 4.40. The van der Waals surface area contributed by atoms with Gasteiger partial charge in [-0.15, -0.1) is 0 Å². The van der Waals surface area contributed by atoms with Crippen molar-refractivity contribution in [3.8, 4) is 0 Å². The zero-order chi connectivity index (χ0) is 14.3. The molecule has 2 aliphatic rings. The van der Waals surface area contributed by atoms with Crippen LogP contribution >= 0.6 is 0 Å². The first-order valence-corrected chi connectivity index (χ1v) is 8.69. The van der Waals surface area contributed by atoms with Crippen molar-refractivity contribution in [3.63, 3.8) is 0 Å². The first kappa shape index (κ1) is 16.3. The Labute approximate surface area is 125 Å². The molecule has 1 heterocycles. The highest BCUT2D eigenvalue weighted by Crippen LogP contribution is 2.35. The fourth-order valence-corrected chi connectivity index (χ4v) is 4.18. The van der Waals surface area contributed by atoms with Crippen LogP contribution in [0.3, 0.4) is 0 Å². The second kappa shape index (κ2) is 8.35. The Morgan fingerprint density at radius 2 is 1.85 bits per heavy atom. The van der Waals surface area contributed by atoms with Crippen LogP contribution in [0.25, 0.3) is 0 Å². The van der Waals surface area contributed by atoms with Crippen LogP contribution in [0.5, 0.6) is 0 Å². The monoisotopic (exact) mass is 282 g/mol. The molecule has 1 saturated carbocycles. The van der Waals surface area contributed by atoms with Gasteiger partial charge >= 0.3 is 0 Å². The third-order valence-corrected chi connectivity index (χ3v) is 5.11. The lowest BCUT2D eigenvalue weighted by molar-refractivity contribution is -0.00885. The zero-order valence-electron chi connectivity index (χ0n) is 13.6. The summed E-state index contributed by atoms with van der Waals surface area (Å²) in [4.78, 5) is 2.54. The third-order valence-electron chi connectivity index (χ3n) is 5.11. The molecule has 2 rings (SSSR count). The van der Waals surface area contributed by atoms with Crippen LogP contribution in [0, 0.1) is 5.41 Å². The molecule has 20 heavy (non-hydrogen) atoms. The molecule has 118 valence electrons. The summed E-state index contributed by atoms with van der Waals surface area (Å²) in [6.45, 7) is 4.49. The molecule has 1 N–H and O–H groups in total. The molecule has 1 atom stereocenters. The lowest BCUT2D eigenvalue weighted by Crippen LogP contribution is -2.44. The van der Waals surface area contributed by atoms with E-state index in [0.717, 1.165) is 13.2 Å². The minimum atomic E-state index is 0.478. The summed E-state index contributed by atoms with van der Waals surface area (Å²) in [5.74, 6) is 0. The number of rotatable bonds is 6. The molecule has 1 saturated heterocycles. The van der Waals surface area contributed by atoms with Crippen molar-refractivity contribution in [2.75, 3.05) is 40.3 Å². The molecule has 0 aromatic heterocycles. The Hall–Kier alpha value is -0.120. The second-order valence-electron chi connectivity index (χ2n) is 7.13. The van der Waals surface area contributed by atoms with Gasteiger partial charge in [-0.25, -0.2) is 0 Å². The molecule has 2 fully saturated rings. The number of nitrogens with one attached hydrogen (secondary N) is 1. The predicted molar refractivity (Wildman–Crippen MR) is 85.1 cm³/mol. The Morgan fingerprint density at radius 1 is 1.10 bits per heavy atom. The molecule has 1 aliphatic carbocycles. The Kier molecular flexibility index (Phi) is 6.79. The van der Waals surface area contributed by atoms with Crippen molar-refractivity contribution in [1.29, 1.82) is 0 Å². The number of hydrogen-bond donors (Lipinski definition) is 1. The SMILES string of the molecule is CNCC1(CN(C)CC2CCCCO2)CCCCCC1. The fourth-order valence-electron chi connectivity index (χ4n) is 4.18. The van der Waals surface area contributed by atoms with E-state index in [4.69, 9.17) is 4.74 Å². The summed E-state index contributed by atoms with van der Waals surface area (Å²) in [5.41, 5.74) is 0.495. The smallest absolute Gasteiger partial charge is 0.0701 e. The van der Waals surface area contributed by atoms with Crippen LogP contribution in [0.15, 0.2) is 0 Å². The minimum absolute atomic E-state index is 0.478. The average molecular weight is 282 g/mol. The van der Waals surface area contributed by atoms with Crippen LogP contribution in [-0.2, 0) is 4.74 Å².